The van der Waals surface area contributed by atoms with Gasteiger partial charge in [0, 0.05) is 18.2 Å². The summed E-state index contributed by atoms with van der Waals surface area (Å²) in [6.07, 6.45) is 1.74. The molecule has 0 spiro atoms. The number of aliphatic imine (C=N–C) groups is 1. The lowest BCUT2D eigenvalue weighted by molar-refractivity contribution is -0.121. The molecule has 0 aromatic heterocycles. The van der Waals surface area contributed by atoms with E-state index < -0.39 is 5.97 Å². The molecule has 35 heavy (non-hydrogen) atoms. The molecule has 3 aromatic rings. The molecule has 0 N–H and O–H groups in total. The van der Waals surface area contributed by atoms with E-state index in [1.54, 1.807) is 68.6 Å². The van der Waals surface area contributed by atoms with Crippen molar-refractivity contribution in [2.24, 2.45) is 4.99 Å². The average Bonchev–Trinajstić information content (AvgIpc) is 3.12. The quantitative estimate of drug-likeness (QED) is 0.309. The van der Waals surface area contributed by atoms with Crippen LogP contribution in [0, 0.1) is 5.82 Å². The van der Waals surface area contributed by atoms with Crippen LogP contribution in [-0.4, -0.2) is 35.6 Å². The van der Waals surface area contributed by atoms with Gasteiger partial charge in [0.1, 0.15) is 18.2 Å². The number of benzene rings is 3. The summed E-state index contributed by atoms with van der Waals surface area (Å²) in [6.45, 7) is 2.13. The van der Waals surface area contributed by atoms with Gasteiger partial charge in [0.15, 0.2) is 5.17 Å². The number of nitrogens with zero attached hydrogens (tertiary/aromatic N) is 2. The number of carbonyl (C=O) groups is 2. The fourth-order valence-electron chi connectivity index (χ4n) is 3.29. The van der Waals surface area contributed by atoms with E-state index in [2.05, 4.69) is 4.99 Å². The summed E-state index contributed by atoms with van der Waals surface area (Å²) in [4.78, 5) is 31.2. The number of hydrogen-bond donors (Lipinski definition) is 0. The fourth-order valence-corrected chi connectivity index (χ4v) is 4.27. The highest BCUT2D eigenvalue weighted by molar-refractivity contribution is 8.18. The highest BCUT2D eigenvalue weighted by Gasteiger charge is 2.30. The van der Waals surface area contributed by atoms with E-state index in [1.807, 2.05) is 18.2 Å². The number of halogens is 1. The van der Waals surface area contributed by atoms with Crippen LogP contribution >= 0.6 is 11.8 Å². The molecule has 1 fully saturated rings. The Morgan fingerprint density at radius 3 is 2.51 bits per heavy atom. The predicted molar refractivity (Wildman–Crippen MR) is 135 cm³/mol. The van der Waals surface area contributed by atoms with Gasteiger partial charge in [-0.2, -0.15) is 0 Å². The molecule has 6 nitrogen and oxygen atoms in total. The molecule has 0 aliphatic carbocycles. The summed E-state index contributed by atoms with van der Waals surface area (Å²) >= 11 is 1.24. The minimum Gasteiger partial charge on any atom is -0.488 e. The zero-order valence-electron chi connectivity index (χ0n) is 19.2. The Morgan fingerprint density at radius 1 is 1.06 bits per heavy atom. The van der Waals surface area contributed by atoms with Crippen molar-refractivity contribution >= 4 is 40.6 Å². The SMILES string of the molecule is CCOC(=O)c1ccc(N=C2S/C(=C\c3ccccc3OCc3ccccc3F)C(=O)N2C)cc1. The first-order valence-electron chi connectivity index (χ1n) is 10.9. The van der Waals surface area contributed by atoms with Gasteiger partial charge in [0.2, 0.25) is 0 Å². The third kappa shape index (κ3) is 5.78. The second kappa shape index (κ2) is 11.0. The van der Waals surface area contributed by atoms with Crippen molar-refractivity contribution in [2.75, 3.05) is 13.7 Å². The first kappa shape index (κ1) is 24.2. The molecule has 0 saturated carbocycles. The van der Waals surface area contributed by atoms with E-state index in [1.165, 1.54) is 22.7 Å². The van der Waals surface area contributed by atoms with Crippen molar-refractivity contribution in [3.05, 3.63) is 100 Å². The molecule has 0 bridgehead atoms. The van der Waals surface area contributed by atoms with Crippen molar-refractivity contribution in [2.45, 2.75) is 13.5 Å². The van der Waals surface area contributed by atoms with Crippen molar-refractivity contribution in [1.82, 2.24) is 4.90 Å². The maximum absolute atomic E-state index is 14.0. The lowest BCUT2D eigenvalue weighted by Gasteiger charge is -2.10. The molecule has 1 aliphatic rings. The molecule has 0 radical (unpaired) electrons. The number of ether oxygens (including phenoxy) is 2. The highest BCUT2D eigenvalue weighted by atomic mass is 32.2. The van der Waals surface area contributed by atoms with E-state index in [-0.39, 0.29) is 18.3 Å². The van der Waals surface area contributed by atoms with E-state index in [4.69, 9.17) is 9.47 Å². The Morgan fingerprint density at radius 2 is 1.77 bits per heavy atom. The molecule has 4 rings (SSSR count). The minimum absolute atomic E-state index is 0.0718. The van der Waals surface area contributed by atoms with Crippen LogP contribution in [0.4, 0.5) is 10.1 Å². The zero-order chi connectivity index (χ0) is 24.8. The third-order valence-corrected chi connectivity index (χ3v) is 6.21. The number of rotatable bonds is 7. The van der Waals surface area contributed by atoms with Crippen LogP contribution < -0.4 is 4.74 Å². The maximum Gasteiger partial charge on any atom is 0.338 e. The highest BCUT2D eigenvalue weighted by Crippen LogP contribution is 2.35. The molecule has 1 heterocycles. The van der Waals surface area contributed by atoms with Crippen LogP contribution in [-0.2, 0) is 16.1 Å². The molecule has 0 atom stereocenters. The van der Waals surface area contributed by atoms with Crippen LogP contribution in [0.5, 0.6) is 5.75 Å². The van der Waals surface area contributed by atoms with Gasteiger partial charge in [-0.15, -0.1) is 0 Å². The number of likely N-dealkylation sites (N-methyl/N-ethyl adjacent to an activating group) is 1. The third-order valence-electron chi connectivity index (χ3n) is 5.15. The molecule has 8 heteroatoms. The predicted octanol–water partition coefficient (Wildman–Crippen LogP) is 5.82. The minimum atomic E-state index is -0.393. The number of para-hydroxylation sites is 1. The van der Waals surface area contributed by atoms with Crippen molar-refractivity contribution in [3.63, 3.8) is 0 Å². The normalized spacial score (nSPS) is 15.6. The maximum atomic E-state index is 14.0. The smallest absolute Gasteiger partial charge is 0.338 e. The van der Waals surface area contributed by atoms with E-state index in [0.29, 0.717) is 44.8 Å². The first-order valence-corrected chi connectivity index (χ1v) is 11.8. The molecule has 1 amide bonds. The summed E-state index contributed by atoms with van der Waals surface area (Å²) in [6, 6.07) is 20.4. The van der Waals surface area contributed by atoms with Crippen LogP contribution in [0.3, 0.4) is 0 Å². The lowest BCUT2D eigenvalue weighted by Crippen LogP contribution is -2.23. The van der Waals surface area contributed by atoms with Gasteiger partial charge in [-0.25, -0.2) is 14.2 Å². The van der Waals surface area contributed by atoms with Crippen LogP contribution in [0.2, 0.25) is 0 Å². The largest absolute Gasteiger partial charge is 0.488 e. The van der Waals surface area contributed by atoms with Gasteiger partial charge < -0.3 is 9.47 Å². The first-order chi connectivity index (χ1) is 17.0. The van der Waals surface area contributed by atoms with Gasteiger partial charge in [-0.05, 0) is 61.2 Å². The Hall–Kier alpha value is -3.91. The number of esters is 1. The molecule has 178 valence electrons. The zero-order valence-corrected chi connectivity index (χ0v) is 20.0. The van der Waals surface area contributed by atoms with Crippen LogP contribution in [0.1, 0.15) is 28.4 Å². The Kier molecular flexibility index (Phi) is 7.62. The fraction of sp³-hybridized carbons (Fsp3) is 0.148. The Balaban J connectivity index is 1.52. The number of amidine groups is 1. The van der Waals surface area contributed by atoms with E-state index in [0.717, 1.165) is 0 Å². The number of thioether (sulfide) groups is 1. The molecular weight excluding hydrogens is 467 g/mol. The van der Waals surface area contributed by atoms with Gasteiger partial charge >= 0.3 is 5.97 Å². The monoisotopic (exact) mass is 490 g/mol. The number of carbonyl (C=O) groups excluding carboxylic acids is 2. The summed E-state index contributed by atoms with van der Waals surface area (Å²) in [7, 11) is 1.66. The topological polar surface area (TPSA) is 68.2 Å². The van der Waals surface area contributed by atoms with E-state index in [9.17, 15) is 14.0 Å². The molecule has 0 unspecified atom stereocenters. The molecule has 3 aromatic carbocycles. The Bertz CT molecular complexity index is 1300. The van der Waals surface area contributed by atoms with Crippen molar-refractivity contribution in [1.29, 1.82) is 0 Å². The van der Waals surface area contributed by atoms with E-state index >= 15 is 0 Å². The molecule has 1 saturated heterocycles. The second-order valence-electron chi connectivity index (χ2n) is 7.55. The van der Waals surface area contributed by atoms with Crippen molar-refractivity contribution < 1.29 is 23.5 Å². The number of hydrogen-bond acceptors (Lipinski definition) is 6. The van der Waals surface area contributed by atoms with Crippen LogP contribution in [0.25, 0.3) is 6.08 Å². The van der Waals surface area contributed by atoms with Gasteiger partial charge in [-0.3, -0.25) is 9.69 Å². The summed E-state index contributed by atoms with van der Waals surface area (Å²) in [5, 5.41) is 0.509. The second-order valence-corrected chi connectivity index (χ2v) is 8.56. The molecular formula is C27H23FN2O4S. The summed E-state index contributed by atoms with van der Waals surface area (Å²) < 4.78 is 24.8. The summed E-state index contributed by atoms with van der Waals surface area (Å²) in [5.41, 5.74) is 2.19. The Labute approximate surface area is 207 Å². The van der Waals surface area contributed by atoms with Gasteiger partial charge in [0.25, 0.3) is 5.91 Å². The number of amides is 1. The van der Waals surface area contributed by atoms with Gasteiger partial charge in [0.05, 0.1) is 22.8 Å². The average molecular weight is 491 g/mol. The van der Waals surface area contributed by atoms with Crippen molar-refractivity contribution in [3.8, 4) is 5.75 Å². The standard InChI is InChI=1S/C27H23FN2O4S/c1-3-33-26(32)18-12-14-21(15-13-18)29-27-30(2)25(31)24(35-27)16-19-8-5-7-11-23(19)34-17-20-9-4-6-10-22(20)28/h4-16H,3,17H2,1-2H3/b24-16-,29-27?. The summed E-state index contributed by atoms with van der Waals surface area (Å²) in [5.74, 6) is -0.377. The molecule has 1 aliphatic heterocycles. The van der Waals surface area contributed by atoms with Gasteiger partial charge in [-0.1, -0.05) is 36.4 Å². The van der Waals surface area contributed by atoms with Crippen LogP contribution in [0.15, 0.2) is 82.7 Å². The lowest BCUT2D eigenvalue weighted by atomic mass is 10.1.